The molecule has 5 heteroatoms. The van der Waals surface area contributed by atoms with Gasteiger partial charge in [-0.25, -0.2) is 0 Å². The van der Waals surface area contributed by atoms with Crippen LogP contribution >= 0.6 is 0 Å². The van der Waals surface area contributed by atoms with Crippen molar-refractivity contribution < 1.29 is 4.79 Å². The second-order valence-corrected chi connectivity index (χ2v) is 7.71. The van der Waals surface area contributed by atoms with E-state index in [0.29, 0.717) is 6.04 Å². The van der Waals surface area contributed by atoms with Gasteiger partial charge in [0.05, 0.1) is 11.3 Å². The molecule has 3 aliphatic rings. The first-order valence-electron chi connectivity index (χ1n) is 9.58. The Kier molecular flexibility index (Phi) is 3.71. The molecule has 1 saturated heterocycles. The number of rotatable bonds is 3. The number of carbonyl (C=O) groups is 1. The highest BCUT2D eigenvalue weighted by Crippen LogP contribution is 2.44. The molecule has 0 atom stereocenters. The summed E-state index contributed by atoms with van der Waals surface area (Å²) in [5.74, 6) is 0.208. The van der Waals surface area contributed by atoms with Gasteiger partial charge in [-0.3, -0.25) is 14.7 Å². The fourth-order valence-corrected chi connectivity index (χ4v) is 4.43. The van der Waals surface area contributed by atoms with E-state index in [9.17, 15) is 4.79 Å². The normalized spacial score (nSPS) is 22.2. The van der Waals surface area contributed by atoms with Gasteiger partial charge in [0.25, 0.3) is 5.91 Å². The van der Waals surface area contributed by atoms with Gasteiger partial charge < -0.3 is 10.2 Å². The zero-order valence-electron chi connectivity index (χ0n) is 14.9. The maximum Gasteiger partial charge on any atom is 0.258 e. The number of para-hydroxylation sites is 1. The zero-order chi connectivity index (χ0) is 17.6. The van der Waals surface area contributed by atoms with Crippen LogP contribution in [0, 0.1) is 0 Å². The number of hydrogen-bond acceptors (Lipinski definition) is 4. The quantitative estimate of drug-likeness (QED) is 0.926. The maximum atomic E-state index is 13.2. The Bertz CT molecular complexity index is 810. The molecule has 1 aliphatic carbocycles. The molecule has 1 N–H and O–H groups in total. The summed E-state index contributed by atoms with van der Waals surface area (Å²) in [4.78, 5) is 22.3. The van der Waals surface area contributed by atoms with Crippen molar-refractivity contribution in [3.63, 3.8) is 0 Å². The van der Waals surface area contributed by atoms with Crippen LogP contribution in [0.5, 0.6) is 0 Å². The average Bonchev–Trinajstić information content (AvgIpc) is 3.50. The molecule has 1 amide bonds. The fraction of sp³-hybridized carbons (Fsp3) is 0.429. The van der Waals surface area contributed by atoms with E-state index in [1.165, 1.54) is 0 Å². The molecule has 26 heavy (non-hydrogen) atoms. The highest BCUT2D eigenvalue weighted by molar-refractivity contribution is 6.02. The molecule has 0 radical (unpaired) electrons. The smallest absolute Gasteiger partial charge is 0.258 e. The second-order valence-electron chi connectivity index (χ2n) is 7.71. The molecule has 1 saturated carbocycles. The van der Waals surface area contributed by atoms with Crippen LogP contribution in [0.1, 0.15) is 41.7 Å². The molecule has 1 aromatic heterocycles. The van der Waals surface area contributed by atoms with E-state index >= 15 is 0 Å². The first-order chi connectivity index (χ1) is 12.8. The molecule has 5 rings (SSSR count). The molecule has 1 aromatic carbocycles. The van der Waals surface area contributed by atoms with Crippen LogP contribution in [-0.4, -0.2) is 45.5 Å². The number of pyridine rings is 1. The summed E-state index contributed by atoms with van der Waals surface area (Å²) in [6.45, 7) is 2.83. The van der Waals surface area contributed by atoms with Crippen LogP contribution in [0.2, 0.25) is 0 Å². The van der Waals surface area contributed by atoms with Gasteiger partial charge in [0.15, 0.2) is 0 Å². The van der Waals surface area contributed by atoms with Crippen molar-refractivity contribution in [2.24, 2.45) is 0 Å². The van der Waals surface area contributed by atoms with Crippen molar-refractivity contribution in [1.82, 2.24) is 14.8 Å². The molecule has 2 aliphatic heterocycles. The highest BCUT2D eigenvalue weighted by Gasteiger charge is 2.51. The minimum absolute atomic E-state index is 0.208. The van der Waals surface area contributed by atoms with E-state index in [0.717, 1.165) is 62.3 Å². The summed E-state index contributed by atoms with van der Waals surface area (Å²) in [6.07, 6.45) is 6.03. The molecular formula is C21H24N4O. The first kappa shape index (κ1) is 15.8. The summed E-state index contributed by atoms with van der Waals surface area (Å²) in [5.41, 5.74) is 2.70. The fourth-order valence-electron chi connectivity index (χ4n) is 4.43. The molecular weight excluding hydrogens is 324 g/mol. The summed E-state index contributed by atoms with van der Waals surface area (Å²) in [5, 5.41) is 3.76. The number of benzene rings is 1. The van der Waals surface area contributed by atoms with Gasteiger partial charge in [0.2, 0.25) is 0 Å². The average molecular weight is 348 g/mol. The third kappa shape index (κ3) is 2.67. The summed E-state index contributed by atoms with van der Waals surface area (Å²) in [6, 6.07) is 14.4. The highest BCUT2D eigenvalue weighted by atomic mass is 16.2. The molecule has 0 unspecified atom stereocenters. The SMILES string of the molecule is O=C1c2ccccc2NC2(CCN(Cc3ccccn3)CC2)N1C1CC1. The number of piperidine rings is 1. The van der Waals surface area contributed by atoms with Gasteiger partial charge in [-0.05, 0) is 37.1 Å². The van der Waals surface area contributed by atoms with Gasteiger partial charge in [-0.2, -0.15) is 0 Å². The standard InChI is InChI=1S/C21H24N4O/c26-20-18-6-1-2-7-19(18)23-21(25(20)17-8-9-17)10-13-24(14-11-21)15-16-5-3-4-12-22-16/h1-7,12,17,23H,8-11,13-15H2. The van der Waals surface area contributed by atoms with Crippen molar-refractivity contribution in [3.8, 4) is 0 Å². The van der Waals surface area contributed by atoms with E-state index in [1.54, 1.807) is 0 Å². The molecule has 134 valence electrons. The lowest BCUT2D eigenvalue weighted by atomic mass is 9.89. The van der Waals surface area contributed by atoms with E-state index < -0.39 is 0 Å². The third-order valence-corrected chi connectivity index (χ3v) is 5.91. The lowest BCUT2D eigenvalue weighted by Crippen LogP contribution is -2.64. The number of fused-ring (bicyclic) bond motifs is 1. The number of hydrogen-bond donors (Lipinski definition) is 1. The molecule has 2 fully saturated rings. The second kappa shape index (κ2) is 6.09. The third-order valence-electron chi connectivity index (χ3n) is 5.91. The number of aromatic nitrogens is 1. The Morgan fingerprint density at radius 2 is 1.85 bits per heavy atom. The van der Waals surface area contributed by atoms with E-state index in [1.807, 2.05) is 42.6 Å². The lowest BCUT2D eigenvalue weighted by Gasteiger charge is -2.52. The Balaban J connectivity index is 1.38. The summed E-state index contributed by atoms with van der Waals surface area (Å²) < 4.78 is 0. The van der Waals surface area contributed by atoms with Crippen molar-refractivity contribution >= 4 is 11.6 Å². The van der Waals surface area contributed by atoms with Crippen LogP contribution in [0.3, 0.4) is 0 Å². The van der Waals surface area contributed by atoms with Crippen LogP contribution in [0.15, 0.2) is 48.7 Å². The minimum Gasteiger partial charge on any atom is -0.362 e. The molecule has 3 heterocycles. The maximum absolute atomic E-state index is 13.2. The van der Waals surface area contributed by atoms with E-state index in [4.69, 9.17) is 0 Å². The Morgan fingerprint density at radius 1 is 1.08 bits per heavy atom. The topological polar surface area (TPSA) is 48.5 Å². The largest absolute Gasteiger partial charge is 0.362 e. The number of amides is 1. The zero-order valence-corrected chi connectivity index (χ0v) is 14.9. The molecule has 1 spiro atoms. The van der Waals surface area contributed by atoms with Gasteiger partial charge in [-0.1, -0.05) is 18.2 Å². The van der Waals surface area contributed by atoms with E-state index in [-0.39, 0.29) is 11.6 Å². The predicted molar refractivity (Wildman–Crippen MR) is 101 cm³/mol. The van der Waals surface area contributed by atoms with Crippen molar-refractivity contribution in [2.45, 2.75) is 43.9 Å². The van der Waals surface area contributed by atoms with Crippen molar-refractivity contribution in [2.75, 3.05) is 18.4 Å². The number of anilines is 1. The number of nitrogens with one attached hydrogen (secondary N) is 1. The number of carbonyl (C=O) groups excluding carboxylic acids is 1. The number of likely N-dealkylation sites (tertiary alicyclic amines) is 1. The monoisotopic (exact) mass is 348 g/mol. The van der Waals surface area contributed by atoms with Gasteiger partial charge >= 0.3 is 0 Å². The summed E-state index contributed by atoms with van der Waals surface area (Å²) in [7, 11) is 0. The van der Waals surface area contributed by atoms with E-state index in [2.05, 4.69) is 26.2 Å². The van der Waals surface area contributed by atoms with Crippen molar-refractivity contribution in [3.05, 3.63) is 59.9 Å². The lowest BCUT2D eigenvalue weighted by molar-refractivity contribution is 0.0220. The molecule has 2 aromatic rings. The Hall–Kier alpha value is -2.40. The molecule has 5 nitrogen and oxygen atoms in total. The van der Waals surface area contributed by atoms with Crippen LogP contribution in [0.25, 0.3) is 0 Å². The van der Waals surface area contributed by atoms with Gasteiger partial charge in [0, 0.05) is 50.4 Å². The van der Waals surface area contributed by atoms with Crippen LogP contribution < -0.4 is 5.32 Å². The van der Waals surface area contributed by atoms with Gasteiger partial charge in [-0.15, -0.1) is 0 Å². The Morgan fingerprint density at radius 3 is 2.58 bits per heavy atom. The predicted octanol–water partition coefficient (Wildman–Crippen LogP) is 3.10. The van der Waals surface area contributed by atoms with Crippen LogP contribution in [-0.2, 0) is 6.54 Å². The minimum atomic E-state index is -0.229. The van der Waals surface area contributed by atoms with Gasteiger partial charge in [0.1, 0.15) is 5.66 Å². The molecule has 0 bridgehead atoms. The summed E-state index contributed by atoms with van der Waals surface area (Å²) >= 11 is 0. The Labute approximate surface area is 154 Å². The first-order valence-corrected chi connectivity index (χ1v) is 9.58. The number of nitrogens with zero attached hydrogens (tertiary/aromatic N) is 3. The van der Waals surface area contributed by atoms with Crippen LogP contribution in [0.4, 0.5) is 5.69 Å². The van der Waals surface area contributed by atoms with Crippen molar-refractivity contribution in [1.29, 1.82) is 0 Å².